The third-order valence-electron chi connectivity index (χ3n) is 7.03. The van der Waals surface area contributed by atoms with E-state index in [2.05, 4.69) is 10.6 Å². The van der Waals surface area contributed by atoms with Crippen LogP contribution in [0, 0.1) is 13.8 Å². The summed E-state index contributed by atoms with van der Waals surface area (Å²) in [4.78, 5) is 29.0. The summed E-state index contributed by atoms with van der Waals surface area (Å²) < 4.78 is 46.0. The van der Waals surface area contributed by atoms with Crippen LogP contribution in [0.3, 0.4) is 0 Å². The molecule has 2 aromatic heterocycles. The molecule has 1 aliphatic rings. The maximum Gasteiger partial charge on any atom is 0.265 e. The highest BCUT2D eigenvalue weighted by Crippen LogP contribution is 2.45. The zero-order valence-electron chi connectivity index (χ0n) is 23.1. The molecule has 2 amide bonds. The molecule has 0 fully saturated rings. The molecule has 2 aromatic carbocycles. The van der Waals surface area contributed by atoms with E-state index in [9.17, 15) is 26.4 Å². The van der Waals surface area contributed by atoms with Gasteiger partial charge in [0.25, 0.3) is 11.8 Å². The number of rotatable bonds is 8. The fourth-order valence-corrected chi connectivity index (χ4v) is 7.88. The maximum absolute atomic E-state index is 13.0. The minimum atomic E-state index is -3.83. The Kier molecular flexibility index (Phi) is 8.44. The first-order chi connectivity index (χ1) is 20.2. The highest BCUT2D eigenvalue weighted by Gasteiger charge is 2.25. The van der Waals surface area contributed by atoms with E-state index >= 15 is 0 Å². The summed E-state index contributed by atoms with van der Waals surface area (Å²) in [6.45, 7) is 3.95. The monoisotopic (exact) mass is 656 g/mol. The van der Waals surface area contributed by atoms with Crippen LogP contribution < -0.4 is 20.9 Å². The van der Waals surface area contributed by atoms with Crippen LogP contribution in [0.5, 0.6) is 0 Å². The van der Waals surface area contributed by atoms with Crippen molar-refractivity contribution in [1.29, 1.82) is 0 Å². The third-order valence-corrected chi connectivity index (χ3v) is 11.0. The topological polar surface area (TPSA) is 179 Å². The van der Waals surface area contributed by atoms with Crippen LogP contribution in [0.2, 0.25) is 0 Å². The molecule has 10 nitrogen and oxygen atoms in total. The predicted octanol–water partition coefficient (Wildman–Crippen LogP) is 5.32. The fraction of sp³-hybridized carbons (Fsp3) is 0.172. The van der Waals surface area contributed by atoms with Crippen LogP contribution in [-0.2, 0) is 20.0 Å². The third kappa shape index (κ3) is 6.79. The molecule has 0 bridgehead atoms. The molecule has 0 spiro atoms. The second kappa shape index (κ2) is 11.8. The molecule has 0 unspecified atom stereocenters. The Morgan fingerprint density at radius 2 is 1.00 bits per heavy atom. The molecule has 0 saturated carbocycles. The van der Waals surface area contributed by atoms with Gasteiger partial charge in [0.15, 0.2) is 0 Å². The number of anilines is 2. The van der Waals surface area contributed by atoms with E-state index in [4.69, 9.17) is 10.3 Å². The molecule has 0 aliphatic heterocycles. The van der Waals surface area contributed by atoms with Crippen molar-refractivity contribution in [2.24, 2.45) is 10.3 Å². The zero-order valence-corrected chi connectivity index (χ0v) is 26.4. The van der Waals surface area contributed by atoms with Gasteiger partial charge >= 0.3 is 0 Å². The summed E-state index contributed by atoms with van der Waals surface area (Å²) >= 11 is 2.76. The van der Waals surface area contributed by atoms with Gasteiger partial charge < -0.3 is 10.6 Å². The van der Waals surface area contributed by atoms with E-state index in [0.29, 0.717) is 21.1 Å². The van der Waals surface area contributed by atoms with Gasteiger partial charge in [-0.05, 0) is 116 Å². The molecule has 14 heteroatoms. The number of benzene rings is 2. The SMILES string of the molecule is Cc1sc(C(=O)Nc2ccc(S(N)(=O)=O)cc2)cc1C1=C(c2cc(C(=O)Nc3ccc(S(N)(=O)=O)cc3)sc2C)CCC1. The lowest BCUT2D eigenvalue weighted by Gasteiger charge is -2.08. The van der Waals surface area contributed by atoms with Crippen molar-refractivity contribution in [2.45, 2.75) is 42.9 Å². The molecule has 5 rings (SSSR count). The lowest BCUT2D eigenvalue weighted by atomic mass is 9.97. The standard InChI is InChI=1S/C29H28N4O6S4/c1-16-24(14-26(40-16)28(34)32-18-6-10-20(11-7-18)42(30,36)37)22-4-3-5-23(22)25-15-27(41-17(25)2)29(35)33-19-8-12-21(13-9-19)43(31,38)39/h6-15H,3-5H2,1-2H3,(H,32,34)(H,33,35)(H2,30,36,37)(H2,31,38,39). The Morgan fingerprint density at radius 1 is 0.651 bits per heavy atom. The summed E-state index contributed by atoms with van der Waals surface area (Å²) in [5.74, 6) is -0.601. The van der Waals surface area contributed by atoms with Crippen molar-refractivity contribution >= 4 is 77.1 Å². The van der Waals surface area contributed by atoms with E-state index in [0.717, 1.165) is 51.3 Å². The zero-order chi connectivity index (χ0) is 31.1. The van der Waals surface area contributed by atoms with Crippen molar-refractivity contribution in [3.05, 3.63) is 91.3 Å². The molecule has 0 atom stereocenters. The largest absolute Gasteiger partial charge is 0.321 e. The number of hydrogen-bond donors (Lipinski definition) is 4. The Labute approximate surface area is 257 Å². The molecule has 2 heterocycles. The second-order valence-electron chi connectivity index (χ2n) is 10.0. The van der Waals surface area contributed by atoms with E-state index in [-0.39, 0.29) is 21.6 Å². The van der Waals surface area contributed by atoms with Gasteiger partial charge in [0.05, 0.1) is 19.5 Å². The van der Waals surface area contributed by atoms with Crippen LogP contribution >= 0.6 is 22.7 Å². The lowest BCUT2D eigenvalue weighted by Crippen LogP contribution is -2.13. The summed E-state index contributed by atoms with van der Waals surface area (Å²) in [5, 5.41) is 15.9. The number of thiophene rings is 2. The highest BCUT2D eigenvalue weighted by atomic mass is 32.2. The smallest absolute Gasteiger partial charge is 0.265 e. The number of sulfonamides is 2. The van der Waals surface area contributed by atoms with Crippen LogP contribution in [0.1, 0.15) is 59.5 Å². The number of nitrogens with one attached hydrogen (secondary N) is 2. The number of aryl methyl sites for hydroxylation is 2. The van der Waals surface area contributed by atoms with Gasteiger partial charge in [-0.1, -0.05) is 0 Å². The Morgan fingerprint density at radius 3 is 1.33 bits per heavy atom. The van der Waals surface area contributed by atoms with Crippen LogP contribution in [0.4, 0.5) is 11.4 Å². The van der Waals surface area contributed by atoms with Crippen LogP contribution in [0.25, 0.3) is 11.1 Å². The molecule has 224 valence electrons. The van der Waals surface area contributed by atoms with Gasteiger partial charge in [-0.3, -0.25) is 9.59 Å². The van der Waals surface area contributed by atoms with Gasteiger partial charge in [-0.15, -0.1) is 22.7 Å². The van der Waals surface area contributed by atoms with E-state index in [1.807, 2.05) is 26.0 Å². The quantitative estimate of drug-likeness (QED) is 0.199. The first-order valence-electron chi connectivity index (χ1n) is 13.0. The molecular formula is C29H28N4O6S4. The van der Waals surface area contributed by atoms with Crippen molar-refractivity contribution in [3.8, 4) is 0 Å². The van der Waals surface area contributed by atoms with Crippen molar-refractivity contribution in [3.63, 3.8) is 0 Å². The van der Waals surface area contributed by atoms with Crippen LogP contribution in [-0.4, -0.2) is 28.6 Å². The molecular weight excluding hydrogens is 629 g/mol. The number of primary sulfonamides is 2. The number of hydrogen-bond acceptors (Lipinski definition) is 8. The molecule has 6 N–H and O–H groups in total. The molecule has 43 heavy (non-hydrogen) atoms. The van der Waals surface area contributed by atoms with Gasteiger partial charge in [-0.2, -0.15) is 0 Å². The van der Waals surface area contributed by atoms with E-state index < -0.39 is 20.0 Å². The lowest BCUT2D eigenvalue weighted by molar-refractivity contribution is 0.102. The van der Waals surface area contributed by atoms with E-state index in [1.165, 1.54) is 71.2 Å². The summed E-state index contributed by atoms with van der Waals surface area (Å²) in [6, 6.07) is 15.1. The molecule has 4 aromatic rings. The maximum atomic E-state index is 13.0. The van der Waals surface area contributed by atoms with Gasteiger partial charge in [0, 0.05) is 21.1 Å². The van der Waals surface area contributed by atoms with Crippen molar-refractivity contribution < 1.29 is 26.4 Å². The molecule has 0 saturated heterocycles. The number of carbonyl (C=O) groups is 2. The Hall–Kier alpha value is -3.66. The number of amides is 2. The molecule has 0 radical (unpaired) electrons. The molecule has 1 aliphatic carbocycles. The highest BCUT2D eigenvalue weighted by molar-refractivity contribution is 7.89. The second-order valence-corrected chi connectivity index (χ2v) is 15.7. The fourth-order valence-electron chi connectivity index (χ4n) is 4.97. The predicted molar refractivity (Wildman–Crippen MR) is 170 cm³/mol. The number of nitrogens with two attached hydrogens (primary N) is 2. The normalized spacial score (nSPS) is 13.8. The summed E-state index contributed by atoms with van der Waals surface area (Å²) in [5.41, 5.74) is 5.20. The first-order valence-corrected chi connectivity index (χ1v) is 17.8. The average Bonchev–Trinajstić information content (AvgIpc) is 3.66. The van der Waals surface area contributed by atoms with Crippen molar-refractivity contribution in [1.82, 2.24) is 0 Å². The minimum Gasteiger partial charge on any atom is -0.321 e. The van der Waals surface area contributed by atoms with Crippen LogP contribution in [0.15, 0.2) is 70.5 Å². The Balaban J connectivity index is 1.36. The minimum absolute atomic E-state index is 0.0383. The summed E-state index contributed by atoms with van der Waals surface area (Å²) in [7, 11) is -7.65. The van der Waals surface area contributed by atoms with Gasteiger partial charge in [0.1, 0.15) is 0 Å². The average molecular weight is 657 g/mol. The van der Waals surface area contributed by atoms with Gasteiger partial charge in [0.2, 0.25) is 20.0 Å². The number of allylic oxidation sites excluding steroid dienone is 2. The number of carbonyl (C=O) groups excluding carboxylic acids is 2. The Bertz CT molecular complexity index is 1850. The van der Waals surface area contributed by atoms with Crippen molar-refractivity contribution in [2.75, 3.05) is 10.6 Å². The van der Waals surface area contributed by atoms with Gasteiger partial charge in [-0.25, -0.2) is 27.1 Å². The first kappa shape index (κ1) is 30.8. The summed E-state index contributed by atoms with van der Waals surface area (Å²) in [6.07, 6.45) is 2.64. The van der Waals surface area contributed by atoms with E-state index in [1.54, 1.807) is 0 Å².